The number of primary amides is 1. The summed E-state index contributed by atoms with van der Waals surface area (Å²) in [7, 11) is 7.52. The van der Waals surface area contributed by atoms with Crippen LogP contribution in [-0.2, 0) is 63.8 Å². The Morgan fingerprint density at radius 1 is 0.753 bits per heavy atom. The van der Waals surface area contributed by atoms with E-state index in [0.29, 0.717) is 51.5 Å². The molecule has 1 aliphatic heterocycles. The molecule has 1 fully saturated rings. The number of amides is 7. The van der Waals surface area contributed by atoms with Crippen molar-refractivity contribution in [1.82, 2.24) is 30.7 Å². The number of ether oxygens (including phenoxy) is 3. The summed E-state index contributed by atoms with van der Waals surface area (Å²) in [5.41, 5.74) is 14.6. The molecule has 5 N–H and O–H groups in total. The van der Waals surface area contributed by atoms with Crippen molar-refractivity contribution in [2.75, 3.05) is 55.1 Å². The van der Waals surface area contributed by atoms with Crippen LogP contribution in [0.15, 0.2) is 35.4 Å². The van der Waals surface area contributed by atoms with E-state index in [-0.39, 0.29) is 123 Å². The molecule has 1 saturated heterocycles. The number of likely N-dealkylation sites (tertiary alicyclic amines) is 1. The Hall–Kier alpha value is -6.45. The number of rotatable bonds is 41. The Bertz CT molecular complexity index is 2380. The van der Waals surface area contributed by atoms with Crippen molar-refractivity contribution in [3.8, 4) is 0 Å². The maximum atomic E-state index is 14.9. The minimum Gasteiger partial charge on any atom is -0.467 e. The van der Waals surface area contributed by atoms with Gasteiger partial charge in [-0.15, -0.1) is 0 Å². The molecule has 0 aliphatic carbocycles. The predicted molar refractivity (Wildman–Crippen MR) is 323 cm³/mol. The number of azide groups is 1. The Morgan fingerprint density at radius 3 is 1.95 bits per heavy atom. The van der Waals surface area contributed by atoms with Crippen molar-refractivity contribution in [3.05, 3.63) is 46.3 Å². The molecule has 7 amide bonds. The summed E-state index contributed by atoms with van der Waals surface area (Å²) < 4.78 is 17.1. The number of nitrogens with one attached hydrogen (secondary N) is 3. The molecule has 23 nitrogen and oxygen atoms in total. The lowest BCUT2D eigenvalue weighted by Crippen LogP contribution is -2.55. The van der Waals surface area contributed by atoms with Gasteiger partial charge in [0.25, 0.3) is 0 Å². The Kier molecular flexibility index (Phi) is 33.9. The molecule has 11 atom stereocenters. The molecule has 1 aromatic carbocycles. The summed E-state index contributed by atoms with van der Waals surface area (Å²) in [6, 6.07) is 4.74. The summed E-state index contributed by atoms with van der Waals surface area (Å²) in [6.07, 6.45) is 1.96. The summed E-state index contributed by atoms with van der Waals surface area (Å²) >= 11 is 0. The fraction of sp³-hybridized carbons (Fsp3) is 0.742. The highest BCUT2D eigenvalue weighted by Crippen LogP contribution is 2.32. The van der Waals surface area contributed by atoms with Gasteiger partial charge in [-0.3, -0.25) is 38.4 Å². The number of carbonyl (C=O) groups excluding carboxylic acids is 10. The fourth-order valence-corrected chi connectivity index (χ4v) is 11.6. The molecule has 0 spiro atoms. The highest BCUT2D eigenvalue weighted by atomic mass is 16.5. The first kappa shape index (κ1) is 74.6. The number of esters is 1. The van der Waals surface area contributed by atoms with Crippen LogP contribution in [0.1, 0.15) is 158 Å². The van der Waals surface area contributed by atoms with Gasteiger partial charge in [0.2, 0.25) is 29.5 Å². The molecular weight excluding hydrogens is 1090 g/mol. The van der Waals surface area contributed by atoms with E-state index in [4.69, 9.17) is 25.5 Å². The van der Waals surface area contributed by atoms with Gasteiger partial charge in [-0.05, 0) is 79.7 Å². The Morgan fingerprint density at radius 2 is 1.39 bits per heavy atom. The number of benzene rings is 1. The molecule has 23 heteroatoms. The van der Waals surface area contributed by atoms with Crippen molar-refractivity contribution in [1.29, 1.82) is 0 Å². The molecule has 0 bridgehead atoms. The first-order valence-electron chi connectivity index (χ1n) is 30.4. The minimum absolute atomic E-state index is 0.0192. The van der Waals surface area contributed by atoms with Crippen molar-refractivity contribution < 1.29 is 62.2 Å². The minimum atomic E-state index is -0.945. The number of unbranched alkanes of at least 4 members (excludes halogenated alkanes) is 1. The Labute approximate surface area is 504 Å². The van der Waals surface area contributed by atoms with Crippen LogP contribution in [0.3, 0.4) is 0 Å². The monoisotopic (exact) mass is 1190 g/mol. The summed E-state index contributed by atoms with van der Waals surface area (Å²) in [5, 5.41) is 11.6. The van der Waals surface area contributed by atoms with Gasteiger partial charge in [0.15, 0.2) is 11.6 Å². The lowest BCUT2D eigenvalue weighted by molar-refractivity contribution is -0.150. The van der Waals surface area contributed by atoms with Gasteiger partial charge in [0.1, 0.15) is 11.8 Å². The zero-order chi connectivity index (χ0) is 64.1. The number of methoxy groups -OCH3 is 3. The molecule has 478 valence electrons. The van der Waals surface area contributed by atoms with Gasteiger partial charge < -0.3 is 50.6 Å². The van der Waals surface area contributed by atoms with Gasteiger partial charge in [-0.25, -0.2) is 9.59 Å². The number of nitrogens with zero attached hydrogens (tertiary/aromatic N) is 6. The number of hydrogen-bond donors (Lipinski definition) is 4. The highest BCUT2D eigenvalue weighted by molar-refractivity contribution is 5.94. The lowest BCUT2D eigenvalue weighted by Gasteiger charge is -2.41. The second kappa shape index (κ2) is 38.6. The third-order valence-corrected chi connectivity index (χ3v) is 16.8. The molecule has 2 rings (SSSR count). The van der Waals surface area contributed by atoms with Crippen LogP contribution in [0.25, 0.3) is 10.4 Å². The van der Waals surface area contributed by atoms with E-state index in [9.17, 15) is 47.9 Å². The van der Waals surface area contributed by atoms with Crippen molar-refractivity contribution in [2.45, 2.75) is 201 Å². The number of likely N-dealkylation sites (N-methyl/N-ethyl adjacent to an activating group) is 2. The van der Waals surface area contributed by atoms with E-state index < -0.39 is 84.0 Å². The molecule has 85 heavy (non-hydrogen) atoms. The van der Waals surface area contributed by atoms with Crippen LogP contribution in [0, 0.1) is 41.4 Å². The smallest absolute Gasteiger partial charge is 0.328 e. The molecule has 0 radical (unpaired) electrons. The maximum Gasteiger partial charge on any atom is 0.328 e. The molecule has 0 aromatic heterocycles. The van der Waals surface area contributed by atoms with Crippen molar-refractivity contribution in [2.24, 2.45) is 52.3 Å². The van der Waals surface area contributed by atoms with E-state index in [1.807, 2.05) is 85.7 Å². The van der Waals surface area contributed by atoms with Gasteiger partial charge in [0.05, 0.1) is 55.8 Å². The lowest BCUT2D eigenvalue weighted by atomic mass is 9.83. The molecular formula is C62H102N10O13. The van der Waals surface area contributed by atoms with E-state index >= 15 is 0 Å². The zero-order valence-corrected chi connectivity index (χ0v) is 53.3. The maximum absolute atomic E-state index is 14.9. The molecule has 1 heterocycles. The van der Waals surface area contributed by atoms with Gasteiger partial charge in [-0.1, -0.05) is 104 Å². The average molecular weight is 1200 g/mol. The van der Waals surface area contributed by atoms with Crippen LogP contribution in [0.2, 0.25) is 0 Å². The molecule has 1 aromatic rings. The first-order valence-corrected chi connectivity index (χ1v) is 30.4. The normalized spacial score (nSPS) is 16.8. The fourth-order valence-electron chi connectivity index (χ4n) is 11.6. The topological polar surface area (TPSA) is 319 Å². The van der Waals surface area contributed by atoms with E-state index in [1.54, 1.807) is 30.8 Å². The predicted octanol–water partition coefficient (Wildman–Crippen LogP) is 6.91. The summed E-state index contributed by atoms with van der Waals surface area (Å²) in [4.78, 5) is 143. The number of nitrogens with two attached hydrogens (primary N) is 1. The standard InChI is InChI=1S/C62H102N10O13/c1-15-41(8)56(52(83-12)37-54(77)72-33-23-28-49(72)57(84-13)42(9)58(78)68-48(61(81)85-14)34-43-24-17-16-18-25-43)71(11)60(80)46(39(4)5)36-51(75)55(40(6)7)70(10)53(76)30-20-19-29-50(74)47(27-22-31-65-62(63)82)67-59(79)45(38(2)3)35-44(73)26-21-32-66-69-64/h16-18,24-25,38-42,45-49,52,55-57H,15,19-23,26-37H2,1-14H3,(H,67,79)(H,68,78)(H3,63,65,82)/t41?,42-,45-,46+,47-,48?,49+,52-,55+,56+,57-/m1/s1. The quantitative estimate of drug-likeness (QED) is 0.0171. The Balaban J connectivity index is 2.22. The molecule has 2 unspecified atom stereocenters. The van der Waals surface area contributed by atoms with Crippen molar-refractivity contribution in [3.63, 3.8) is 0 Å². The van der Waals surface area contributed by atoms with E-state index in [1.165, 1.54) is 26.2 Å². The number of Topliss-reactive ketones (excluding diaryl/α,β-unsaturated/α-hetero) is 3. The van der Waals surface area contributed by atoms with E-state index in [2.05, 4.69) is 26.0 Å². The number of urea groups is 1. The van der Waals surface area contributed by atoms with E-state index in [0.717, 1.165) is 5.56 Å². The largest absolute Gasteiger partial charge is 0.467 e. The second-order valence-corrected chi connectivity index (χ2v) is 23.9. The van der Waals surface area contributed by atoms with Crippen LogP contribution >= 0.6 is 0 Å². The van der Waals surface area contributed by atoms with Crippen LogP contribution in [0.5, 0.6) is 0 Å². The zero-order valence-electron chi connectivity index (χ0n) is 53.3. The third-order valence-electron chi connectivity index (χ3n) is 16.8. The number of carbonyl (C=O) groups is 10. The molecule has 1 aliphatic rings. The van der Waals surface area contributed by atoms with Crippen molar-refractivity contribution >= 4 is 58.9 Å². The first-order chi connectivity index (χ1) is 40.2. The molecule has 0 saturated carbocycles. The number of ketones is 3. The average Bonchev–Trinajstić information content (AvgIpc) is 3.94. The SMILES string of the molecule is CCC(C)[C@@H]([C@@H](CC(=O)N1CCC[C@H]1[C@H](OC)[C@@H](C)C(=O)NC(Cc1ccccc1)C(=O)OC)OC)N(C)C(=O)[C@@H](CC(=O)[C@H](C(C)C)N(C)C(=O)CCCCC(=O)[C@@H](CCCNC(N)=O)NC(=O)[C@H](CC(=O)CCCN=[N+]=[N-])C(C)C)C(C)C. The van der Waals surface area contributed by atoms with Gasteiger partial charge in [0, 0.05) is 103 Å². The van der Waals surface area contributed by atoms with Crippen LogP contribution in [0.4, 0.5) is 4.79 Å². The third kappa shape index (κ3) is 24.1. The van der Waals surface area contributed by atoms with Gasteiger partial charge >= 0.3 is 12.0 Å². The summed E-state index contributed by atoms with van der Waals surface area (Å²) in [5.74, 6) is -6.32. The van der Waals surface area contributed by atoms with Crippen LogP contribution in [-0.4, -0.2) is 171 Å². The van der Waals surface area contributed by atoms with Gasteiger partial charge in [-0.2, -0.15) is 0 Å². The summed E-state index contributed by atoms with van der Waals surface area (Å²) in [6.45, 7) is 17.5. The van der Waals surface area contributed by atoms with Crippen LogP contribution < -0.4 is 21.7 Å². The number of hydrogen-bond acceptors (Lipinski definition) is 14. The second-order valence-electron chi connectivity index (χ2n) is 23.9. The highest BCUT2D eigenvalue weighted by Gasteiger charge is 2.44.